The standard InChI is InChI=1S/C10H15O3P.Zn/c1-2-3-9-14(11,12)13-10-7-5-4-6-8-10;/h4-8H,2-3,9H2,1H3,(H,11,12);. The first-order valence-corrected chi connectivity index (χ1v) is 6.47. The number of para-hydroxylation sites is 1. The van der Waals surface area contributed by atoms with Crippen molar-refractivity contribution >= 4 is 7.60 Å². The van der Waals surface area contributed by atoms with E-state index in [0.29, 0.717) is 12.2 Å². The third-order valence-corrected chi connectivity index (χ3v) is 3.16. The van der Waals surface area contributed by atoms with E-state index in [2.05, 4.69) is 0 Å². The van der Waals surface area contributed by atoms with E-state index in [-0.39, 0.29) is 25.6 Å². The molecule has 0 aliphatic carbocycles. The molecule has 0 aromatic heterocycles. The number of rotatable bonds is 5. The van der Waals surface area contributed by atoms with Crippen molar-refractivity contribution in [2.45, 2.75) is 19.8 Å². The Morgan fingerprint density at radius 3 is 2.47 bits per heavy atom. The molecule has 1 unspecified atom stereocenters. The maximum atomic E-state index is 11.5. The molecular weight excluding hydrogens is 264 g/mol. The predicted octanol–water partition coefficient (Wildman–Crippen LogP) is 3.05. The summed E-state index contributed by atoms with van der Waals surface area (Å²) in [5, 5.41) is 0. The Hall–Kier alpha value is -0.167. The van der Waals surface area contributed by atoms with E-state index in [1.807, 2.05) is 13.0 Å². The van der Waals surface area contributed by atoms with Gasteiger partial charge in [-0.25, -0.2) is 4.57 Å². The molecule has 80 valence electrons. The molecule has 0 saturated carbocycles. The van der Waals surface area contributed by atoms with Gasteiger partial charge < -0.3 is 9.42 Å². The normalized spacial score (nSPS) is 13.7. The molecule has 3 nitrogen and oxygen atoms in total. The summed E-state index contributed by atoms with van der Waals surface area (Å²) >= 11 is 0. The molecule has 15 heavy (non-hydrogen) atoms. The summed E-state index contributed by atoms with van der Waals surface area (Å²) in [5.41, 5.74) is 0. The van der Waals surface area contributed by atoms with Gasteiger partial charge >= 0.3 is 7.60 Å². The topological polar surface area (TPSA) is 46.5 Å². The van der Waals surface area contributed by atoms with Crippen molar-refractivity contribution in [3.63, 3.8) is 0 Å². The van der Waals surface area contributed by atoms with Crippen LogP contribution in [0.4, 0.5) is 0 Å². The summed E-state index contributed by atoms with van der Waals surface area (Å²) in [4.78, 5) is 9.43. The molecule has 0 radical (unpaired) electrons. The van der Waals surface area contributed by atoms with Crippen molar-refractivity contribution < 1.29 is 33.5 Å². The van der Waals surface area contributed by atoms with Crippen molar-refractivity contribution in [2.75, 3.05) is 6.16 Å². The molecule has 0 fully saturated rings. The molecule has 0 heterocycles. The van der Waals surface area contributed by atoms with E-state index in [1.165, 1.54) is 0 Å². The van der Waals surface area contributed by atoms with Crippen LogP contribution < -0.4 is 4.52 Å². The minimum Gasteiger partial charge on any atom is -0.424 e. The average Bonchev–Trinajstić information content (AvgIpc) is 2.16. The smallest absolute Gasteiger partial charge is 0.376 e. The van der Waals surface area contributed by atoms with E-state index >= 15 is 0 Å². The van der Waals surface area contributed by atoms with Crippen LogP contribution in [0.15, 0.2) is 30.3 Å². The van der Waals surface area contributed by atoms with E-state index in [0.717, 1.165) is 6.42 Å². The monoisotopic (exact) mass is 278 g/mol. The van der Waals surface area contributed by atoms with Gasteiger partial charge in [0.25, 0.3) is 0 Å². The molecule has 0 aliphatic rings. The molecule has 1 atom stereocenters. The fourth-order valence-electron chi connectivity index (χ4n) is 1.05. The zero-order valence-electron chi connectivity index (χ0n) is 8.93. The van der Waals surface area contributed by atoms with E-state index in [9.17, 15) is 9.46 Å². The number of benzene rings is 1. The minimum atomic E-state index is -3.43. The van der Waals surface area contributed by atoms with E-state index in [4.69, 9.17) is 4.52 Å². The summed E-state index contributed by atoms with van der Waals surface area (Å²) in [5.74, 6) is 0.453. The van der Waals surface area contributed by atoms with Gasteiger partial charge in [0.1, 0.15) is 5.75 Å². The molecule has 1 aromatic carbocycles. The number of hydrogen-bond acceptors (Lipinski definition) is 2. The molecule has 5 heteroatoms. The second kappa shape index (κ2) is 7.16. The molecule has 0 saturated heterocycles. The van der Waals surface area contributed by atoms with E-state index < -0.39 is 7.60 Å². The van der Waals surface area contributed by atoms with Crippen LogP contribution in [0, 0.1) is 0 Å². The number of hydrogen-bond donors (Lipinski definition) is 1. The van der Waals surface area contributed by atoms with Crippen LogP contribution in [-0.2, 0) is 24.0 Å². The summed E-state index contributed by atoms with van der Waals surface area (Å²) in [7, 11) is -3.43. The zero-order chi connectivity index (χ0) is 10.4. The van der Waals surface area contributed by atoms with Gasteiger partial charge in [0.15, 0.2) is 0 Å². The third-order valence-electron chi connectivity index (χ3n) is 1.79. The molecule has 1 N–H and O–H groups in total. The summed E-state index contributed by atoms with van der Waals surface area (Å²) < 4.78 is 16.5. The van der Waals surface area contributed by atoms with E-state index in [1.54, 1.807) is 24.3 Å². The van der Waals surface area contributed by atoms with Crippen LogP contribution >= 0.6 is 7.60 Å². The fraction of sp³-hybridized carbons (Fsp3) is 0.400. The largest absolute Gasteiger partial charge is 0.424 e. The Morgan fingerprint density at radius 2 is 1.93 bits per heavy atom. The van der Waals surface area contributed by atoms with Gasteiger partial charge in [-0.2, -0.15) is 0 Å². The first-order valence-electron chi connectivity index (χ1n) is 4.70. The van der Waals surface area contributed by atoms with Gasteiger partial charge in [-0.05, 0) is 18.6 Å². The van der Waals surface area contributed by atoms with Gasteiger partial charge in [-0.1, -0.05) is 31.5 Å². The van der Waals surface area contributed by atoms with Gasteiger partial charge in [0.2, 0.25) is 0 Å². The van der Waals surface area contributed by atoms with Crippen LogP contribution in [0.2, 0.25) is 0 Å². The van der Waals surface area contributed by atoms with Gasteiger partial charge in [0.05, 0.1) is 6.16 Å². The molecule has 1 aromatic rings. The third kappa shape index (κ3) is 6.09. The maximum Gasteiger partial charge on any atom is 0.376 e. The van der Waals surface area contributed by atoms with Gasteiger partial charge in [-0.3, -0.25) is 0 Å². The van der Waals surface area contributed by atoms with Crippen LogP contribution in [0.25, 0.3) is 0 Å². The molecule has 0 bridgehead atoms. The second-order valence-electron chi connectivity index (χ2n) is 3.12. The Balaban J connectivity index is 0.00000196. The Kier molecular flexibility index (Phi) is 7.08. The molecule has 0 aliphatic heterocycles. The summed E-state index contributed by atoms with van der Waals surface area (Å²) in [6.07, 6.45) is 1.82. The van der Waals surface area contributed by atoms with Gasteiger partial charge in [-0.15, -0.1) is 0 Å². The quantitative estimate of drug-likeness (QED) is 0.665. The first kappa shape index (κ1) is 14.8. The first-order chi connectivity index (χ1) is 6.64. The summed E-state index contributed by atoms with van der Waals surface area (Å²) in [6.45, 7) is 1.97. The molecule has 0 spiro atoms. The minimum absolute atomic E-state index is 0. The maximum absolute atomic E-state index is 11.5. The van der Waals surface area contributed by atoms with Crippen molar-refractivity contribution in [1.29, 1.82) is 0 Å². The van der Waals surface area contributed by atoms with Gasteiger partial charge in [0, 0.05) is 19.5 Å². The fourth-order valence-corrected chi connectivity index (χ4v) is 2.31. The predicted molar refractivity (Wildman–Crippen MR) is 56.7 cm³/mol. The molecule has 0 amide bonds. The second-order valence-corrected chi connectivity index (χ2v) is 5.02. The average molecular weight is 280 g/mol. The zero-order valence-corrected chi connectivity index (χ0v) is 12.8. The van der Waals surface area contributed by atoms with Crippen LogP contribution in [0.5, 0.6) is 5.75 Å². The van der Waals surface area contributed by atoms with Crippen molar-refractivity contribution in [3.8, 4) is 5.75 Å². The molecule has 1 rings (SSSR count). The Bertz CT molecular complexity index is 316. The van der Waals surface area contributed by atoms with Crippen LogP contribution in [-0.4, -0.2) is 11.1 Å². The SMILES string of the molecule is CCCCP(=O)(O)Oc1ccccc1.[Zn]. The van der Waals surface area contributed by atoms with Crippen molar-refractivity contribution in [1.82, 2.24) is 0 Å². The molecular formula is C10H15O3PZn. The Labute approximate surface area is 103 Å². The van der Waals surface area contributed by atoms with Crippen LogP contribution in [0.3, 0.4) is 0 Å². The Morgan fingerprint density at radius 1 is 1.33 bits per heavy atom. The van der Waals surface area contributed by atoms with Crippen molar-refractivity contribution in [2.24, 2.45) is 0 Å². The number of unbranched alkanes of at least 4 members (excludes halogenated alkanes) is 1. The van der Waals surface area contributed by atoms with Crippen molar-refractivity contribution in [3.05, 3.63) is 30.3 Å². The van der Waals surface area contributed by atoms with Crippen LogP contribution in [0.1, 0.15) is 19.8 Å². The summed E-state index contributed by atoms with van der Waals surface area (Å²) in [6, 6.07) is 8.73.